The number of amides is 1. The average Bonchev–Trinajstić information content (AvgIpc) is 2.60. The maximum atomic E-state index is 12.1. The van der Waals surface area contributed by atoms with Crippen molar-refractivity contribution in [3.05, 3.63) is 29.3 Å². The van der Waals surface area contributed by atoms with Crippen molar-refractivity contribution in [3.63, 3.8) is 0 Å². The highest BCUT2D eigenvalue weighted by Crippen LogP contribution is 2.28. The van der Waals surface area contributed by atoms with Gasteiger partial charge >= 0.3 is 0 Å². The van der Waals surface area contributed by atoms with Gasteiger partial charge in [-0.15, -0.1) is 0 Å². The molecule has 3 nitrogen and oxygen atoms in total. The van der Waals surface area contributed by atoms with Crippen LogP contribution in [0.1, 0.15) is 31.4 Å². The molecular formula is C16H24N2O. The number of anilines is 1. The van der Waals surface area contributed by atoms with Crippen molar-refractivity contribution < 1.29 is 4.79 Å². The highest BCUT2D eigenvalue weighted by molar-refractivity contribution is 5.82. The molecule has 1 aliphatic heterocycles. The number of carbonyl (C=O) groups is 1. The fourth-order valence-electron chi connectivity index (χ4n) is 2.80. The Hall–Kier alpha value is -1.51. The fraction of sp³-hybridized carbons (Fsp3) is 0.562. The van der Waals surface area contributed by atoms with Crippen LogP contribution in [0.15, 0.2) is 18.2 Å². The quantitative estimate of drug-likeness (QED) is 0.833. The molecule has 0 unspecified atom stereocenters. The van der Waals surface area contributed by atoms with E-state index in [2.05, 4.69) is 36.9 Å². The van der Waals surface area contributed by atoms with Crippen LogP contribution in [0.5, 0.6) is 0 Å². The van der Waals surface area contributed by atoms with Gasteiger partial charge in [-0.05, 0) is 30.4 Å². The first-order chi connectivity index (χ1) is 9.17. The summed E-state index contributed by atoms with van der Waals surface area (Å²) in [7, 11) is 1.90. The van der Waals surface area contributed by atoms with E-state index >= 15 is 0 Å². The number of nitrogens with zero attached hydrogens (tertiary/aromatic N) is 2. The second kappa shape index (κ2) is 6.09. The van der Waals surface area contributed by atoms with E-state index in [4.69, 9.17) is 0 Å². The van der Waals surface area contributed by atoms with Crippen molar-refractivity contribution in [2.24, 2.45) is 0 Å². The zero-order valence-electron chi connectivity index (χ0n) is 12.3. The lowest BCUT2D eigenvalue weighted by atomic mass is 10.0. The van der Waals surface area contributed by atoms with Crippen LogP contribution in [0.4, 0.5) is 5.69 Å². The minimum Gasteiger partial charge on any atom is -0.362 e. The van der Waals surface area contributed by atoms with Gasteiger partial charge in [-0.25, -0.2) is 0 Å². The molecule has 0 radical (unpaired) electrons. The van der Waals surface area contributed by atoms with E-state index in [1.807, 2.05) is 11.9 Å². The Labute approximate surface area is 116 Å². The summed E-state index contributed by atoms with van der Waals surface area (Å²) >= 11 is 0. The normalized spacial score (nSPS) is 16.7. The molecule has 1 fully saturated rings. The number of rotatable bonds is 3. The van der Waals surface area contributed by atoms with Crippen LogP contribution in [-0.2, 0) is 17.6 Å². The van der Waals surface area contributed by atoms with Crippen LogP contribution in [0.2, 0.25) is 0 Å². The monoisotopic (exact) mass is 260 g/mol. The number of aryl methyl sites for hydroxylation is 2. The van der Waals surface area contributed by atoms with Crippen molar-refractivity contribution in [1.29, 1.82) is 0 Å². The summed E-state index contributed by atoms with van der Waals surface area (Å²) in [6.45, 7) is 6.72. The summed E-state index contributed by atoms with van der Waals surface area (Å²) in [4.78, 5) is 16.2. The molecule has 1 saturated heterocycles. The number of likely N-dealkylation sites (N-methyl/N-ethyl adjacent to an activating group) is 1. The lowest BCUT2D eigenvalue weighted by molar-refractivity contribution is -0.127. The molecule has 0 aromatic heterocycles. The zero-order chi connectivity index (χ0) is 13.8. The van der Waals surface area contributed by atoms with Crippen molar-refractivity contribution in [3.8, 4) is 0 Å². The van der Waals surface area contributed by atoms with E-state index in [0.717, 1.165) is 32.4 Å². The summed E-state index contributed by atoms with van der Waals surface area (Å²) < 4.78 is 0. The smallest absolute Gasteiger partial charge is 0.241 e. The standard InChI is InChI=1S/C16H24N2O/c1-4-13-8-6-9-14(5-2)16(13)18-11-7-10-17(3)15(19)12-18/h6,8-9H,4-5,7,10-12H2,1-3H3. The molecule has 0 atom stereocenters. The van der Waals surface area contributed by atoms with Crippen LogP contribution in [-0.4, -0.2) is 37.5 Å². The third kappa shape index (κ3) is 2.91. The van der Waals surface area contributed by atoms with Crippen molar-refractivity contribution in [2.75, 3.05) is 31.6 Å². The third-order valence-electron chi connectivity index (χ3n) is 3.95. The second-order valence-electron chi connectivity index (χ2n) is 5.22. The van der Waals surface area contributed by atoms with Gasteiger partial charge in [0.1, 0.15) is 0 Å². The van der Waals surface area contributed by atoms with Gasteiger partial charge in [0.15, 0.2) is 0 Å². The minimum atomic E-state index is 0.227. The largest absolute Gasteiger partial charge is 0.362 e. The Kier molecular flexibility index (Phi) is 4.46. The number of hydrogen-bond donors (Lipinski definition) is 0. The summed E-state index contributed by atoms with van der Waals surface area (Å²) in [5.41, 5.74) is 4.02. The van der Waals surface area contributed by atoms with Gasteiger partial charge < -0.3 is 9.80 Å². The minimum absolute atomic E-state index is 0.227. The molecule has 0 saturated carbocycles. The van der Waals surface area contributed by atoms with Crippen molar-refractivity contribution in [1.82, 2.24) is 4.90 Å². The first-order valence-corrected chi connectivity index (χ1v) is 7.27. The Morgan fingerprint density at radius 2 is 1.74 bits per heavy atom. The van der Waals surface area contributed by atoms with E-state index in [-0.39, 0.29) is 5.91 Å². The molecule has 1 aromatic rings. The average molecular weight is 260 g/mol. The molecule has 1 aromatic carbocycles. The second-order valence-corrected chi connectivity index (χ2v) is 5.22. The van der Waals surface area contributed by atoms with Crippen LogP contribution in [0.25, 0.3) is 0 Å². The molecule has 104 valence electrons. The SMILES string of the molecule is CCc1cccc(CC)c1N1CCCN(C)C(=O)C1. The first kappa shape index (κ1) is 13.9. The molecule has 0 aliphatic carbocycles. The highest BCUT2D eigenvalue weighted by Gasteiger charge is 2.22. The van der Waals surface area contributed by atoms with E-state index in [1.54, 1.807) is 0 Å². The summed E-state index contributed by atoms with van der Waals surface area (Å²) in [5.74, 6) is 0.227. The number of carbonyl (C=O) groups excluding carboxylic acids is 1. The van der Waals surface area contributed by atoms with E-state index in [0.29, 0.717) is 6.54 Å². The van der Waals surface area contributed by atoms with Crippen LogP contribution in [0.3, 0.4) is 0 Å². The van der Waals surface area contributed by atoms with Gasteiger partial charge in [-0.3, -0.25) is 4.79 Å². The van der Waals surface area contributed by atoms with Crippen LogP contribution in [0, 0.1) is 0 Å². The van der Waals surface area contributed by atoms with Crippen LogP contribution < -0.4 is 4.90 Å². The highest BCUT2D eigenvalue weighted by atomic mass is 16.2. The Balaban J connectivity index is 2.36. The predicted octanol–water partition coefficient (Wildman–Crippen LogP) is 2.48. The number of benzene rings is 1. The van der Waals surface area contributed by atoms with Gasteiger partial charge in [0.25, 0.3) is 0 Å². The first-order valence-electron chi connectivity index (χ1n) is 7.27. The molecule has 1 amide bonds. The van der Waals surface area contributed by atoms with Crippen LogP contribution >= 0.6 is 0 Å². The fourth-order valence-corrected chi connectivity index (χ4v) is 2.80. The number of hydrogen-bond acceptors (Lipinski definition) is 2. The maximum Gasteiger partial charge on any atom is 0.241 e. The maximum absolute atomic E-state index is 12.1. The van der Waals surface area contributed by atoms with Gasteiger partial charge in [-0.2, -0.15) is 0 Å². The Bertz CT molecular complexity index is 434. The summed E-state index contributed by atoms with van der Waals surface area (Å²) in [6, 6.07) is 6.51. The molecular weight excluding hydrogens is 236 g/mol. The molecule has 3 heteroatoms. The summed E-state index contributed by atoms with van der Waals surface area (Å²) in [5, 5.41) is 0. The lowest BCUT2D eigenvalue weighted by Gasteiger charge is -2.27. The molecule has 1 heterocycles. The number of para-hydroxylation sites is 1. The zero-order valence-corrected chi connectivity index (χ0v) is 12.3. The van der Waals surface area contributed by atoms with Crippen molar-refractivity contribution in [2.45, 2.75) is 33.1 Å². The van der Waals surface area contributed by atoms with Gasteiger partial charge in [-0.1, -0.05) is 32.0 Å². The third-order valence-corrected chi connectivity index (χ3v) is 3.95. The molecule has 2 rings (SSSR count). The summed E-state index contributed by atoms with van der Waals surface area (Å²) in [6.07, 6.45) is 3.08. The Morgan fingerprint density at radius 1 is 1.11 bits per heavy atom. The molecule has 0 bridgehead atoms. The molecule has 1 aliphatic rings. The van der Waals surface area contributed by atoms with E-state index in [9.17, 15) is 4.79 Å². The van der Waals surface area contributed by atoms with Gasteiger partial charge in [0.2, 0.25) is 5.91 Å². The molecule has 0 spiro atoms. The molecule has 19 heavy (non-hydrogen) atoms. The topological polar surface area (TPSA) is 23.6 Å². The predicted molar refractivity (Wildman–Crippen MR) is 79.7 cm³/mol. The van der Waals surface area contributed by atoms with Crippen molar-refractivity contribution >= 4 is 11.6 Å². The van der Waals surface area contributed by atoms with Gasteiger partial charge in [0, 0.05) is 25.8 Å². The Morgan fingerprint density at radius 3 is 2.32 bits per heavy atom. The van der Waals surface area contributed by atoms with E-state index < -0.39 is 0 Å². The lowest BCUT2D eigenvalue weighted by Crippen LogP contribution is -2.35. The molecule has 0 N–H and O–H groups in total. The van der Waals surface area contributed by atoms with Gasteiger partial charge in [0.05, 0.1) is 6.54 Å². The van der Waals surface area contributed by atoms with E-state index in [1.165, 1.54) is 16.8 Å².